The zero-order valence-electron chi connectivity index (χ0n) is 9.37. The molecule has 0 unspecified atom stereocenters. The standard InChI is InChI=1S/C12H16N2O/c1-12(2,3)11-14-9-6-4-5-8(7-13)10(9)15-11/h4-6H,7,13H2,1-3H3. The fourth-order valence-corrected chi connectivity index (χ4v) is 1.49. The molecule has 0 atom stereocenters. The third-order valence-corrected chi connectivity index (χ3v) is 2.36. The number of hydrogen-bond donors (Lipinski definition) is 1. The Morgan fingerprint density at radius 3 is 2.67 bits per heavy atom. The van der Waals surface area contributed by atoms with Crippen molar-refractivity contribution in [2.45, 2.75) is 32.7 Å². The van der Waals surface area contributed by atoms with Gasteiger partial charge in [-0.05, 0) is 6.07 Å². The Kier molecular flexibility index (Phi) is 2.27. The summed E-state index contributed by atoms with van der Waals surface area (Å²) in [6.07, 6.45) is 0. The molecule has 0 aliphatic rings. The van der Waals surface area contributed by atoms with Crippen LogP contribution in [0.4, 0.5) is 0 Å². The lowest BCUT2D eigenvalue weighted by Gasteiger charge is -2.11. The van der Waals surface area contributed by atoms with Crippen LogP contribution in [0.3, 0.4) is 0 Å². The molecular formula is C12H16N2O. The lowest BCUT2D eigenvalue weighted by molar-refractivity contribution is 0.410. The molecular weight excluding hydrogens is 188 g/mol. The third-order valence-electron chi connectivity index (χ3n) is 2.36. The molecule has 15 heavy (non-hydrogen) atoms. The van der Waals surface area contributed by atoms with Crippen molar-refractivity contribution in [2.24, 2.45) is 5.73 Å². The molecule has 0 amide bonds. The molecule has 0 bridgehead atoms. The zero-order valence-corrected chi connectivity index (χ0v) is 9.37. The first-order valence-corrected chi connectivity index (χ1v) is 5.11. The maximum Gasteiger partial charge on any atom is 0.200 e. The summed E-state index contributed by atoms with van der Waals surface area (Å²) in [5.41, 5.74) is 8.31. The summed E-state index contributed by atoms with van der Waals surface area (Å²) in [7, 11) is 0. The average molecular weight is 204 g/mol. The molecule has 3 nitrogen and oxygen atoms in total. The van der Waals surface area contributed by atoms with Crippen molar-refractivity contribution in [1.82, 2.24) is 4.98 Å². The molecule has 0 aliphatic carbocycles. The van der Waals surface area contributed by atoms with Crippen LogP contribution in [0.1, 0.15) is 32.2 Å². The van der Waals surface area contributed by atoms with E-state index in [4.69, 9.17) is 10.2 Å². The molecule has 2 aromatic rings. The monoisotopic (exact) mass is 204 g/mol. The van der Waals surface area contributed by atoms with Gasteiger partial charge in [-0.15, -0.1) is 0 Å². The number of fused-ring (bicyclic) bond motifs is 1. The van der Waals surface area contributed by atoms with Crippen LogP contribution in [0, 0.1) is 0 Å². The lowest BCUT2D eigenvalue weighted by atomic mass is 9.97. The Labute approximate surface area is 89.3 Å². The van der Waals surface area contributed by atoms with E-state index in [1.165, 1.54) is 0 Å². The van der Waals surface area contributed by atoms with Crippen molar-refractivity contribution in [2.75, 3.05) is 0 Å². The van der Waals surface area contributed by atoms with E-state index in [0.29, 0.717) is 6.54 Å². The van der Waals surface area contributed by atoms with Crippen LogP contribution in [0.5, 0.6) is 0 Å². The second kappa shape index (κ2) is 3.35. The number of nitrogens with zero attached hydrogens (tertiary/aromatic N) is 1. The molecule has 80 valence electrons. The molecule has 0 spiro atoms. The largest absolute Gasteiger partial charge is 0.440 e. The van der Waals surface area contributed by atoms with Crippen molar-refractivity contribution in [3.05, 3.63) is 29.7 Å². The van der Waals surface area contributed by atoms with Gasteiger partial charge in [0, 0.05) is 17.5 Å². The van der Waals surface area contributed by atoms with E-state index in [1.807, 2.05) is 18.2 Å². The SMILES string of the molecule is CC(C)(C)c1nc2cccc(CN)c2o1. The molecule has 3 heteroatoms. The Morgan fingerprint density at radius 2 is 2.07 bits per heavy atom. The number of hydrogen-bond acceptors (Lipinski definition) is 3. The second-order valence-corrected chi connectivity index (χ2v) is 4.74. The molecule has 2 N–H and O–H groups in total. The van der Waals surface area contributed by atoms with Gasteiger partial charge in [0.2, 0.25) is 5.89 Å². The van der Waals surface area contributed by atoms with E-state index in [1.54, 1.807) is 0 Å². The predicted molar refractivity (Wildman–Crippen MR) is 60.6 cm³/mol. The number of para-hydroxylation sites is 1. The van der Waals surface area contributed by atoms with Crippen LogP contribution in [0.15, 0.2) is 22.6 Å². The van der Waals surface area contributed by atoms with Gasteiger partial charge >= 0.3 is 0 Å². The maximum atomic E-state index is 5.76. The van der Waals surface area contributed by atoms with E-state index in [-0.39, 0.29) is 5.41 Å². The second-order valence-electron chi connectivity index (χ2n) is 4.74. The van der Waals surface area contributed by atoms with Gasteiger partial charge in [-0.2, -0.15) is 0 Å². The van der Waals surface area contributed by atoms with Crippen LogP contribution >= 0.6 is 0 Å². The van der Waals surface area contributed by atoms with Gasteiger partial charge < -0.3 is 10.2 Å². The normalized spacial score (nSPS) is 12.3. The summed E-state index contributed by atoms with van der Waals surface area (Å²) in [6, 6.07) is 5.88. The quantitative estimate of drug-likeness (QED) is 0.776. The summed E-state index contributed by atoms with van der Waals surface area (Å²) in [5.74, 6) is 0.762. The van der Waals surface area contributed by atoms with Crippen LogP contribution in [-0.2, 0) is 12.0 Å². The van der Waals surface area contributed by atoms with Gasteiger partial charge in [0.1, 0.15) is 5.52 Å². The highest BCUT2D eigenvalue weighted by Crippen LogP contribution is 2.27. The number of rotatable bonds is 1. The molecule has 1 aromatic heterocycles. The summed E-state index contributed by atoms with van der Waals surface area (Å²) in [4.78, 5) is 4.47. The van der Waals surface area contributed by atoms with Crippen molar-refractivity contribution in [1.29, 1.82) is 0 Å². The molecule has 0 radical (unpaired) electrons. The van der Waals surface area contributed by atoms with E-state index < -0.39 is 0 Å². The van der Waals surface area contributed by atoms with Gasteiger partial charge in [-0.25, -0.2) is 4.98 Å². The van der Waals surface area contributed by atoms with Gasteiger partial charge in [0.05, 0.1) is 0 Å². The Hall–Kier alpha value is -1.35. The number of aromatic nitrogens is 1. The van der Waals surface area contributed by atoms with Crippen molar-refractivity contribution in [3.63, 3.8) is 0 Å². The van der Waals surface area contributed by atoms with Crippen LogP contribution in [-0.4, -0.2) is 4.98 Å². The minimum absolute atomic E-state index is 0.0646. The first-order chi connectivity index (χ1) is 7.02. The van der Waals surface area contributed by atoms with Gasteiger partial charge in [0.25, 0.3) is 0 Å². The molecule has 1 heterocycles. The highest BCUT2D eigenvalue weighted by Gasteiger charge is 2.21. The summed E-state index contributed by atoms with van der Waals surface area (Å²) < 4.78 is 5.76. The van der Waals surface area contributed by atoms with Crippen LogP contribution < -0.4 is 5.73 Å². The van der Waals surface area contributed by atoms with E-state index >= 15 is 0 Å². The minimum Gasteiger partial charge on any atom is -0.440 e. The lowest BCUT2D eigenvalue weighted by Crippen LogP contribution is -2.10. The van der Waals surface area contributed by atoms with E-state index in [2.05, 4.69) is 25.8 Å². The first kappa shape index (κ1) is 10.2. The maximum absolute atomic E-state index is 5.76. The van der Waals surface area contributed by atoms with Crippen molar-refractivity contribution >= 4 is 11.1 Å². The highest BCUT2D eigenvalue weighted by molar-refractivity contribution is 5.76. The highest BCUT2D eigenvalue weighted by atomic mass is 16.3. The zero-order chi connectivity index (χ0) is 11.1. The van der Waals surface area contributed by atoms with Gasteiger partial charge in [-0.3, -0.25) is 0 Å². The Morgan fingerprint density at radius 1 is 1.33 bits per heavy atom. The molecule has 1 aromatic carbocycles. The Bertz CT molecular complexity index is 480. The molecule has 2 rings (SSSR count). The Balaban J connectivity index is 2.65. The summed E-state index contributed by atoms with van der Waals surface area (Å²) in [6.45, 7) is 6.73. The first-order valence-electron chi connectivity index (χ1n) is 5.11. The van der Waals surface area contributed by atoms with E-state index in [0.717, 1.165) is 22.6 Å². The van der Waals surface area contributed by atoms with Gasteiger partial charge in [-0.1, -0.05) is 32.9 Å². The molecule has 0 fully saturated rings. The summed E-state index contributed by atoms with van der Waals surface area (Å²) in [5, 5.41) is 0. The van der Waals surface area contributed by atoms with Crippen molar-refractivity contribution < 1.29 is 4.42 Å². The fraction of sp³-hybridized carbons (Fsp3) is 0.417. The molecule has 0 saturated heterocycles. The third kappa shape index (κ3) is 1.75. The number of oxazole rings is 1. The van der Waals surface area contributed by atoms with Crippen LogP contribution in [0.25, 0.3) is 11.1 Å². The number of nitrogens with two attached hydrogens (primary N) is 1. The summed E-state index contributed by atoms with van der Waals surface area (Å²) >= 11 is 0. The van der Waals surface area contributed by atoms with Crippen LogP contribution in [0.2, 0.25) is 0 Å². The predicted octanol–water partition coefficient (Wildman–Crippen LogP) is 2.58. The molecule has 0 saturated carbocycles. The fourth-order valence-electron chi connectivity index (χ4n) is 1.49. The smallest absolute Gasteiger partial charge is 0.200 e. The minimum atomic E-state index is -0.0646. The van der Waals surface area contributed by atoms with Gasteiger partial charge in [0.15, 0.2) is 5.58 Å². The average Bonchev–Trinajstić information content (AvgIpc) is 2.59. The van der Waals surface area contributed by atoms with Crippen molar-refractivity contribution in [3.8, 4) is 0 Å². The van der Waals surface area contributed by atoms with E-state index in [9.17, 15) is 0 Å². The number of benzene rings is 1. The molecule has 0 aliphatic heterocycles. The topological polar surface area (TPSA) is 52.0 Å².